The van der Waals surface area contributed by atoms with Crippen LogP contribution in [0.25, 0.3) is 0 Å². The van der Waals surface area contributed by atoms with E-state index in [2.05, 4.69) is 20.6 Å². The first-order chi connectivity index (χ1) is 10.7. The summed E-state index contributed by atoms with van der Waals surface area (Å²) in [7, 11) is 0. The second-order valence-corrected chi connectivity index (χ2v) is 5.40. The minimum atomic E-state index is 0.136. The van der Waals surface area contributed by atoms with Gasteiger partial charge in [0.1, 0.15) is 0 Å². The first-order valence-corrected chi connectivity index (χ1v) is 7.91. The summed E-state index contributed by atoms with van der Waals surface area (Å²) in [5, 5.41) is 6.27. The number of carbonyl (C=O) groups is 1. The number of carbonyl (C=O) groups excluding carboxylic acids is 1. The number of guanidine groups is 1. The first kappa shape index (κ1) is 16.3. The molecule has 6 nitrogen and oxygen atoms in total. The number of aryl methyl sites for hydroxylation is 1. The maximum atomic E-state index is 12.1. The van der Waals surface area contributed by atoms with Gasteiger partial charge in [-0.05, 0) is 38.3 Å². The molecule has 1 aromatic heterocycles. The topological polar surface area (TPSA) is 69.6 Å². The average molecular weight is 303 g/mol. The lowest BCUT2D eigenvalue weighted by Gasteiger charge is -2.17. The molecule has 1 amide bonds. The van der Waals surface area contributed by atoms with Gasteiger partial charge in [0.25, 0.3) is 0 Å². The second-order valence-electron chi connectivity index (χ2n) is 5.40. The van der Waals surface area contributed by atoms with Crippen molar-refractivity contribution in [2.75, 3.05) is 26.2 Å². The van der Waals surface area contributed by atoms with Gasteiger partial charge in [0.2, 0.25) is 5.91 Å². The van der Waals surface area contributed by atoms with Crippen LogP contribution in [-0.4, -0.2) is 47.9 Å². The largest absolute Gasteiger partial charge is 0.357 e. The fourth-order valence-corrected chi connectivity index (χ4v) is 2.42. The maximum absolute atomic E-state index is 12.1. The van der Waals surface area contributed by atoms with Gasteiger partial charge in [0, 0.05) is 25.8 Å². The van der Waals surface area contributed by atoms with Crippen molar-refractivity contribution in [3.8, 4) is 0 Å². The van der Waals surface area contributed by atoms with Crippen molar-refractivity contribution in [1.29, 1.82) is 0 Å². The number of likely N-dealkylation sites (tertiary alicyclic amines) is 1. The van der Waals surface area contributed by atoms with Crippen molar-refractivity contribution in [3.63, 3.8) is 0 Å². The predicted octanol–water partition coefficient (Wildman–Crippen LogP) is 1.07. The third-order valence-electron chi connectivity index (χ3n) is 3.71. The van der Waals surface area contributed by atoms with Crippen LogP contribution in [0, 0.1) is 6.92 Å². The molecule has 6 heteroatoms. The number of nitrogens with one attached hydrogen (secondary N) is 2. The molecule has 1 aliphatic heterocycles. The van der Waals surface area contributed by atoms with Gasteiger partial charge in [-0.15, -0.1) is 0 Å². The van der Waals surface area contributed by atoms with E-state index in [4.69, 9.17) is 0 Å². The minimum Gasteiger partial charge on any atom is -0.357 e. The molecule has 2 heterocycles. The van der Waals surface area contributed by atoms with Crippen molar-refractivity contribution in [1.82, 2.24) is 20.5 Å². The average Bonchev–Trinajstić information content (AvgIpc) is 3.05. The van der Waals surface area contributed by atoms with Gasteiger partial charge >= 0.3 is 0 Å². The number of aliphatic imine (C=N–C) groups is 1. The van der Waals surface area contributed by atoms with Crippen LogP contribution < -0.4 is 10.6 Å². The molecule has 0 atom stereocenters. The van der Waals surface area contributed by atoms with Gasteiger partial charge < -0.3 is 15.5 Å². The SMILES string of the molecule is CCNC(=NCc1ncccc1C)NCC(=O)N1CCCC1. The summed E-state index contributed by atoms with van der Waals surface area (Å²) in [6.45, 7) is 7.32. The van der Waals surface area contributed by atoms with E-state index in [-0.39, 0.29) is 12.5 Å². The van der Waals surface area contributed by atoms with Crippen LogP contribution in [0.15, 0.2) is 23.3 Å². The first-order valence-electron chi connectivity index (χ1n) is 7.91. The highest BCUT2D eigenvalue weighted by Gasteiger charge is 2.17. The van der Waals surface area contributed by atoms with E-state index < -0.39 is 0 Å². The maximum Gasteiger partial charge on any atom is 0.241 e. The number of nitrogens with zero attached hydrogens (tertiary/aromatic N) is 3. The van der Waals surface area contributed by atoms with E-state index in [1.165, 1.54) is 0 Å². The zero-order valence-corrected chi connectivity index (χ0v) is 13.4. The van der Waals surface area contributed by atoms with Crippen molar-refractivity contribution in [2.45, 2.75) is 33.2 Å². The zero-order chi connectivity index (χ0) is 15.8. The van der Waals surface area contributed by atoms with E-state index in [9.17, 15) is 4.79 Å². The van der Waals surface area contributed by atoms with E-state index in [1.54, 1.807) is 6.20 Å². The Hall–Kier alpha value is -2.11. The van der Waals surface area contributed by atoms with Gasteiger partial charge in [0.15, 0.2) is 5.96 Å². The molecule has 0 aliphatic carbocycles. The van der Waals surface area contributed by atoms with Crippen molar-refractivity contribution in [2.24, 2.45) is 4.99 Å². The Kier molecular flexibility index (Phi) is 6.18. The van der Waals surface area contributed by atoms with E-state index in [0.29, 0.717) is 12.5 Å². The molecule has 1 fully saturated rings. The summed E-state index contributed by atoms with van der Waals surface area (Å²) in [5.74, 6) is 0.789. The molecule has 22 heavy (non-hydrogen) atoms. The van der Waals surface area contributed by atoms with E-state index >= 15 is 0 Å². The highest BCUT2D eigenvalue weighted by molar-refractivity contribution is 5.86. The van der Waals surface area contributed by atoms with Crippen LogP contribution >= 0.6 is 0 Å². The molecule has 2 N–H and O–H groups in total. The number of hydrogen-bond acceptors (Lipinski definition) is 3. The smallest absolute Gasteiger partial charge is 0.241 e. The molecule has 1 aliphatic rings. The molecular formula is C16H25N5O. The zero-order valence-electron chi connectivity index (χ0n) is 13.4. The standard InChI is InChI=1S/C16H25N5O/c1-3-17-16(19-11-14-13(2)7-6-8-18-14)20-12-15(22)21-9-4-5-10-21/h6-8H,3-5,9-12H2,1-2H3,(H2,17,19,20). The molecule has 0 saturated carbocycles. The monoisotopic (exact) mass is 303 g/mol. The Morgan fingerprint density at radius 1 is 1.36 bits per heavy atom. The van der Waals surface area contributed by atoms with Gasteiger partial charge in [-0.1, -0.05) is 6.07 Å². The lowest BCUT2D eigenvalue weighted by atomic mass is 10.2. The van der Waals surface area contributed by atoms with E-state index in [1.807, 2.05) is 30.9 Å². The molecule has 1 aromatic rings. The normalized spacial score (nSPS) is 15.0. The number of rotatable bonds is 5. The molecule has 0 bridgehead atoms. The Bertz CT molecular complexity index is 523. The lowest BCUT2D eigenvalue weighted by molar-refractivity contribution is -0.128. The number of pyridine rings is 1. The third-order valence-corrected chi connectivity index (χ3v) is 3.71. The Labute approximate surface area is 132 Å². The Balaban J connectivity index is 1.89. The number of amides is 1. The van der Waals surface area contributed by atoms with Crippen molar-refractivity contribution in [3.05, 3.63) is 29.6 Å². The van der Waals surface area contributed by atoms with Crippen molar-refractivity contribution < 1.29 is 4.79 Å². The lowest BCUT2D eigenvalue weighted by Crippen LogP contribution is -2.44. The summed E-state index contributed by atoms with van der Waals surface area (Å²) in [4.78, 5) is 22.8. The minimum absolute atomic E-state index is 0.136. The molecule has 0 unspecified atom stereocenters. The molecule has 0 aromatic carbocycles. The molecule has 0 spiro atoms. The molecule has 1 saturated heterocycles. The summed E-state index contributed by atoms with van der Waals surface area (Å²) < 4.78 is 0. The van der Waals surface area contributed by atoms with Crippen LogP contribution in [0.1, 0.15) is 31.0 Å². The van der Waals surface area contributed by atoms with Gasteiger partial charge in [-0.2, -0.15) is 0 Å². The fraction of sp³-hybridized carbons (Fsp3) is 0.562. The summed E-state index contributed by atoms with van der Waals surface area (Å²) >= 11 is 0. The van der Waals surface area contributed by atoms with Gasteiger partial charge in [0.05, 0.1) is 18.8 Å². The summed E-state index contributed by atoms with van der Waals surface area (Å²) in [6.07, 6.45) is 3.99. The van der Waals surface area contributed by atoms with Crippen LogP contribution in [0.5, 0.6) is 0 Å². The Morgan fingerprint density at radius 2 is 2.14 bits per heavy atom. The quantitative estimate of drug-likeness (QED) is 0.630. The molecule has 2 rings (SSSR count). The second kappa shape index (κ2) is 8.36. The number of aromatic nitrogens is 1. The van der Waals surface area contributed by atoms with Crippen LogP contribution in [-0.2, 0) is 11.3 Å². The van der Waals surface area contributed by atoms with Crippen LogP contribution in [0.3, 0.4) is 0 Å². The predicted molar refractivity (Wildman–Crippen MR) is 87.6 cm³/mol. The molecule has 0 radical (unpaired) electrons. The molecular weight excluding hydrogens is 278 g/mol. The number of hydrogen-bond donors (Lipinski definition) is 2. The fourth-order valence-electron chi connectivity index (χ4n) is 2.42. The summed E-state index contributed by atoms with van der Waals surface area (Å²) in [5.41, 5.74) is 2.07. The highest BCUT2D eigenvalue weighted by atomic mass is 16.2. The van der Waals surface area contributed by atoms with Crippen LogP contribution in [0.2, 0.25) is 0 Å². The summed E-state index contributed by atoms with van der Waals surface area (Å²) in [6, 6.07) is 3.94. The highest BCUT2D eigenvalue weighted by Crippen LogP contribution is 2.07. The third kappa shape index (κ3) is 4.72. The van der Waals surface area contributed by atoms with Gasteiger partial charge in [-0.25, -0.2) is 4.99 Å². The van der Waals surface area contributed by atoms with E-state index in [0.717, 1.165) is 43.7 Å². The van der Waals surface area contributed by atoms with Crippen molar-refractivity contribution >= 4 is 11.9 Å². The van der Waals surface area contributed by atoms with Crippen LogP contribution in [0.4, 0.5) is 0 Å². The Morgan fingerprint density at radius 3 is 2.82 bits per heavy atom. The van der Waals surface area contributed by atoms with Gasteiger partial charge in [-0.3, -0.25) is 9.78 Å². The molecule has 120 valence electrons.